The van der Waals surface area contributed by atoms with Gasteiger partial charge in [-0.3, -0.25) is 10.1 Å². The fourth-order valence-corrected chi connectivity index (χ4v) is 1.28. The second kappa shape index (κ2) is 5.26. The van der Waals surface area contributed by atoms with Gasteiger partial charge in [0.15, 0.2) is 6.10 Å². The van der Waals surface area contributed by atoms with E-state index in [0.29, 0.717) is 0 Å². The van der Waals surface area contributed by atoms with Crippen LogP contribution in [0.25, 0.3) is 0 Å². The lowest BCUT2D eigenvalue weighted by atomic mass is 10.1. The number of phenolic OH excluding ortho intramolecular Hbond substituents is 1. The summed E-state index contributed by atoms with van der Waals surface area (Å²) in [7, 11) is 1.11. The molecule has 1 unspecified atom stereocenters. The van der Waals surface area contributed by atoms with Crippen LogP contribution in [-0.2, 0) is 16.0 Å². The highest BCUT2D eigenvalue weighted by atomic mass is 16.6. The molecule has 0 aliphatic rings. The number of rotatable bonds is 4. The Labute approximate surface area is 96.4 Å². The molecule has 0 amide bonds. The number of phenols is 1. The molecule has 0 fully saturated rings. The number of carbonyl (C=O) groups is 1. The normalized spacial score (nSPS) is 11.9. The molecule has 17 heavy (non-hydrogen) atoms. The zero-order valence-electron chi connectivity index (χ0n) is 8.99. The third-order valence-corrected chi connectivity index (χ3v) is 2.16. The van der Waals surface area contributed by atoms with Crippen molar-refractivity contribution in [1.82, 2.24) is 0 Å². The summed E-state index contributed by atoms with van der Waals surface area (Å²) in [6.07, 6.45) is -1.71. The summed E-state index contributed by atoms with van der Waals surface area (Å²) in [5.41, 5.74) is -0.119. The average Bonchev–Trinajstić information content (AvgIpc) is 2.30. The molecule has 0 saturated heterocycles. The third-order valence-electron chi connectivity index (χ3n) is 2.16. The number of ether oxygens (including phenoxy) is 1. The highest BCUT2D eigenvalue weighted by Crippen LogP contribution is 2.24. The summed E-state index contributed by atoms with van der Waals surface area (Å²) in [5, 5.41) is 29.3. The first-order valence-corrected chi connectivity index (χ1v) is 4.68. The number of non-ortho nitro benzene ring substituents is 1. The number of aliphatic hydroxyl groups is 1. The first-order chi connectivity index (χ1) is 7.95. The van der Waals surface area contributed by atoms with Crippen molar-refractivity contribution in [3.8, 4) is 5.75 Å². The van der Waals surface area contributed by atoms with Gasteiger partial charge < -0.3 is 14.9 Å². The van der Waals surface area contributed by atoms with Crippen molar-refractivity contribution in [3.05, 3.63) is 33.9 Å². The van der Waals surface area contributed by atoms with E-state index in [1.165, 1.54) is 0 Å². The molecule has 1 aromatic carbocycles. The van der Waals surface area contributed by atoms with Crippen molar-refractivity contribution in [2.75, 3.05) is 7.11 Å². The molecule has 92 valence electrons. The largest absolute Gasteiger partial charge is 0.508 e. The molecule has 1 rings (SSSR count). The first kappa shape index (κ1) is 12.9. The fraction of sp³-hybridized carbons (Fsp3) is 0.300. The zero-order valence-corrected chi connectivity index (χ0v) is 8.99. The van der Waals surface area contributed by atoms with Crippen molar-refractivity contribution < 1.29 is 24.7 Å². The number of hydrogen-bond acceptors (Lipinski definition) is 6. The van der Waals surface area contributed by atoms with E-state index in [1.54, 1.807) is 0 Å². The maximum Gasteiger partial charge on any atom is 0.335 e. The molecular formula is C10H11NO6. The highest BCUT2D eigenvalue weighted by molar-refractivity contribution is 5.74. The molecule has 7 heteroatoms. The number of carbonyl (C=O) groups excluding carboxylic acids is 1. The number of benzene rings is 1. The lowest BCUT2D eigenvalue weighted by molar-refractivity contribution is -0.384. The van der Waals surface area contributed by atoms with Crippen LogP contribution in [0.4, 0.5) is 5.69 Å². The van der Waals surface area contributed by atoms with Crippen LogP contribution in [0.2, 0.25) is 0 Å². The molecule has 2 N–H and O–H groups in total. The van der Waals surface area contributed by atoms with Gasteiger partial charge in [0.2, 0.25) is 0 Å². The zero-order chi connectivity index (χ0) is 13.0. The number of nitro groups is 1. The van der Waals surface area contributed by atoms with Crippen molar-refractivity contribution in [3.63, 3.8) is 0 Å². The topological polar surface area (TPSA) is 110 Å². The number of esters is 1. The molecule has 0 bridgehead atoms. The van der Waals surface area contributed by atoms with E-state index in [2.05, 4.69) is 4.74 Å². The second-order valence-corrected chi connectivity index (χ2v) is 3.31. The van der Waals surface area contributed by atoms with Crippen LogP contribution in [0.3, 0.4) is 0 Å². The summed E-state index contributed by atoms with van der Waals surface area (Å²) < 4.78 is 4.30. The molecule has 0 saturated carbocycles. The molecule has 0 aliphatic heterocycles. The Morgan fingerprint density at radius 1 is 1.59 bits per heavy atom. The SMILES string of the molecule is COC(=O)C(O)Cc1cc([N+](=O)[O-])ccc1O. The van der Waals surface area contributed by atoms with E-state index in [1.807, 2.05) is 0 Å². The highest BCUT2D eigenvalue weighted by Gasteiger charge is 2.19. The van der Waals surface area contributed by atoms with E-state index in [-0.39, 0.29) is 23.4 Å². The molecule has 0 aliphatic carbocycles. The molecule has 0 aromatic heterocycles. The van der Waals surface area contributed by atoms with Crippen LogP contribution in [-0.4, -0.2) is 34.3 Å². The van der Waals surface area contributed by atoms with E-state index in [0.717, 1.165) is 25.3 Å². The molecule has 0 radical (unpaired) electrons. The van der Waals surface area contributed by atoms with Gasteiger partial charge in [-0.2, -0.15) is 0 Å². The monoisotopic (exact) mass is 241 g/mol. The maximum absolute atomic E-state index is 11.0. The minimum absolute atomic E-state index is 0.108. The van der Waals surface area contributed by atoms with Crippen LogP contribution in [0.1, 0.15) is 5.56 Å². The molecule has 0 heterocycles. The number of hydrogen-bond donors (Lipinski definition) is 2. The minimum atomic E-state index is -1.46. The van der Waals surface area contributed by atoms with Crippen LogP contribution in [0.5, 0.6) is 5.75 Å². The van der Waals surface area contributed by atoms with Gasteiger partial charge in [-0.1, -0.05) is 0 Å². The van der Waals surface area contributed by atoms with E-state index < -0.39 is 17.0 Å². The quantitative estimate of drug-likeness (QED) is 0.448. The predicted octanol–water partition coefficient (Wildman–Crippen LogP) is 0.377. The molecule has 0 spiro atoms. The van der Waals surface area contributed by atoms with Gasteiger partial charge >= 0.3 is 5.97 Å². The lowest BCUT2D eigenvalue weighted by Gasteiger charge is -2.09. The third kappa shape index (κ3) is 3.15. The fourth-order valence-electron chi connectivity index (χ4n) is 1.28. The van der Waals surface area contributed by atoms with Crippen LogP contribution in [0, 0.1) is 10.1 Å². The van der Waals surface area contributed by atoms with E-state index in [9.17, 15) is 25.1 Å². The molecule has 1 atom stereocenters. The summed E-state index contributed by atoms with van der Waals surface area (Å²) >= 11 is 0. The van der Waals surface area contributed by atoms with Crippen LogP contribution in [0.15, 0.2) is 18.2 Å². The maximum atomic E-state index is 11.0. The van der Waals surface area contributed by atoms with E-state index in [4.69, 9.17) is 0 Å². The predicted molar refractivity (Wildman–Crippen MR) is 56.5 cm³/mol. The van der Waals surface area contributed by atoms with Crippen molar-refractivity contribution >= 4 is 11.7 Å². The summed E-state index contributed by atoms with van der Waals surface area (Å²) in [4.78, 5) is 20.8. The minimum Gasteiger partial charge on any atom is -0.508 e. The Bertz CT molecular complexity index is 444. The standard InChI is InChI=1S/C10H11NO6/c1-17-10(14)9(13)5-6-4-7(11(15)16)2-3-8(6)12/h2-4,9,12-13H,5H2,1H3. The summed E-state index contributed by atoms with van der Waals surface area (Å²) in [6, 6.07) is 3.36. The van der Waals surface area contributed by atoms with Crippen molar-refractivity contribution in [2.24, 2.45) is 0 Å². The lowest BCUT2D eigenvalue weighted by Crippen LogP contribution is -2.24. The van der Waals surface area contributed by atoms with Gasteiger partial charge in [-0.05, 0) is 6.07 Å². The average molecular weight is 241 g/mol. The van der Waals surface area contributed by atoms with Gasteiger partial charge in [0, 0.05) is 24.1 Å². The van der Waals surface area contributed by atoms with Gasteiger partial charge in [0.05, 0.1) is 12.0 Å². The van der Waals surface area contributed by atoms with Gasteiger partial charge in [0.25, 0.3) is 5.69 Å². The molecule has 1 aromatic rings. The van der Waals surface area contributed by atoms with Crippen LogP contribution >= 0.6 is 0 Å². The summed E-state index contributed by atoms with van der Waals surface area (Å²) in [5.74, 6) is -1.09. The second-order valence-electron chi connectivity index (χ2n) is 3.31. The smallest absolute Gasteiger partial charge is 0.335 e. The molecular weight excluding hydrogens is 230 g/mol. The Kier molecular flexibility index (Phi) is 4.00. The van der Waals surface area contributed by atoms with Gasteiger partial charge in [-0.15, -0.1) is 0 Å². The van der Waals surface area contributed by atoms with Crippen molar-refractivity contribution in [1.29, 1.82) is 0 Å². The van der Waals surface area contributed by atoms with Gasteiger partial charge in [0.1, 0.15) is 5.75 Å². The first-order valence-electron chi connectivity index (χ1n) is 4.68. The number of methoxy groups -OCH3 is 1. The number of aromatic hydroxyl groups is 1. The van der Waals surface area contributed by atoms with Crippen LogP contribution < -0.4 is 0 Å². The number of nitro benzene ring substituents is 1. The molecule has 7 nitrogen and oxygen atoms in total. The number of nitrogens with zero attached hydrogens (tertiary/aromatic N) is 1. The Balaban J connectivity index is 2.93. The Morgan fingerprint density at radius 3 is 2.76 bits per heavy atom. The van der Waals surface area contributed by atoms with Crippen molar-refractivity contribution in [2.45, 2.75) is 12.5 Å². The summed E-state index contributed by atoms with van der Waals surface area (Å²) in [6.45, 7) is 0. The number of aliphatic hydroxyl groups excluding tert-OH is 1. The van der Waals surface area contributed by atoms with E-state index >= 15 is 0 Å². The Hall–Kier alpha value is -2.15. The Morgan fingerprint density at radius 2 is 2.24 bits per heavy atom. The van der Waals surface area contributed by atoms with Gasteiger partial charge in [-0.25, -0.2) is 4.79 Å².